The molecule has 6 nitrogen and oxygen atoms in total. The van der Waals surface area contributed by atoms with Crippen molar-refractivity contribution in [2.45, 2.75) is 6.92 Å². The molecule has 6 heteroatoms. The van der Waals surface area contributed by atoms with E-state index in [-0.39, 0.29) is 5.69 Å². The standard InChI is InChI=1S/C16H16N2O4/c1-13-5-2-3-8-16(13)21-9-10-22-17-12-14-6-4-7-15(11-14)18(19)20/h2-8,11-12H,9-10H2,1H3/b17-12+. The summed E-state index contributed by atoms with van der Waals surface area (Å²) in [7, 11) is 0. The number of nitrogens with zero attached hydrogens (tertiary/aromatic N) is 2. The van der Waals surface area contributed by atoms with Crippen LogP contribution in [-0.2, 0) is 4.84 Å². The number of nitro benzene ring substituents is 1. The number of ether oxygens (including phenoxy) is 1. The first kappa shape index (κ1) is 15.5. The van der Waals surface area contributed by atoms with E-state index >= 15 is 0 Å². The van der Waals surface area contributed by atoms with Crippen LogP contribution in [0.2, 0.25) is 0 Å². The van der Waals surface area contributed by atoms with E-state index in [4.69, 9.17) is 9.57 Å². The van der Waals surface area contributed by atoms with Crippen molar-refractivity contribution >= 4 is 11.9 Å². The maximum absolute atomic E-state index is 10.6. The molecule has 0 aromatic heterocycles. The van der Waals surface area contributed by atoms with E-state index in [9.17, 15) is 10.1 Å². The Morgan fingerprint density at radius 1 is 1.18 bits per heavy atom. The van der Waals surface area contributed by atoms with Crippen LogP contribution in [0.5, 0.6) is 5.75 Å². The fourth-order valence-corrected chi connectivity index (χ4v) is 1.78. The molecule has 0 amide bonds. The monoisotopic (exact) mass is 300 g/mol. The Morgan fingerprint density at radius 3 is 2.77 bits per heavy atom. The molecule has 2 aromatic carbocycles. The van der Waals surface area contributed by atoms with Gasteiger partial charge >= 0.3 is 0 Å². The zero-order chi connectivity index (χ0) is 15.8. The fourth-order valence-electron chi connectivity index (χ4n) is 1.78. The maximum atomic E-state index is 10.6. The van der Waals surface area contributed by atoms with E-state index in [0.717, 1.165) is 11.3 Å². The van der Waals surface area contributed by atoms with Gasteiger partial charge in [0.2, 0.25) is 0 Å². The first-order valence-electron chi connectivity index (χ1n) is 6.75. The molecule has 2 rings (SSSR count). The molecule has 0 aliphatic carbocycles. The predicted molar refractivity (Wildman–Crippen MR) is 83.3 cm³/mol. The molecule has 2 aromatic rings. The summed E-state index contributed by atoms with van der Waals surface area (Å²) in [5.41, 5.74) is 1.68. The lowest BCUT2D eigenvalue weighted by Crippen LogP contribution is -2.05. The Balaban J connectivity index is 1.76. The van der Waals surface area contributed by atoms with E-state index in [0.29, 0.717) is 18.8 Å². The number of oxime groups is 1. The van der Waals surface area contributed by atoms with E-state index in [1.54, 1.807) is 12.1 Å². The highest BCUT2D eigenvalue weighted by atomic mass is 16.6. The van der Waals surface area contributed by atoms with Crippen LogP contribution in [0.15, 0.2) is 53.7 Å². The summed E-state index contributed by atoms with van der Waals surface area (Å²) in [4.78, 5) is 15.3. The van der Waals surface area contributed by atoms with Gasteiger partial charge in [-0.15, -0.1) is 0 Å². The molecule has 0 fully saturated rings. The molecule has 0 unspecified atom stereocenters. The first-order valence-corrected chi connectivity index (χ1v) is 6.75. The second-order valence-corrected chi connectivity index (χ2v) is 4.53. The molecular formula is C16H16N2O4. The number of rotatable bonds is 7. The van der Waals surface area contributed by atoms with E-state index < -0.39 is 4.92 Å². The van der Waals surface area contributed by atoms with Crippen molar-refractivity contribution in [2.75, 3.05) is 13.2 Å². The zero-order valence-corrected chi connectivity index (χ0v) is 12.1. The van der Waals surface area contributed by atoms with Crippen LogP contribution in [-0.4, -0.2) is 24.4 Å². The Bertz CT molecular complexity index is 671. The van der Waals surface area contributed by atoms with Gasteiger partial charge in [0.05, 0.1) is 11.1 Å². The van der Waals surface area contributed by atoms with Crippen LogP contribution in [0.1, 0.15) is 11.1 Å². The Kier molecular flexibility index (Phi) is 5.48. The summed E-state index contributed by atoms with van der Waals surface area (Å²) in [6, 6.07) is 13.9. The molecule has 0 spiro atoms. The molecule has 0 radical (unpaired) electrons. The molecule has 0 N–H and O–H groups in total. The molecule has 0 saturated carbocycles. The number of hydrogen-bond donors (Lipinski definition) is 0. The second-order valence-electron chi connectivity index (χ2n) is 4.53. The Labute approximate surface area is 128 Å². The van der Waals surface area contributed by atoms with Gasteiger partial charge < -0.3 is 9.57 Å². The number of benzene rings is 2. The van der Waals surface area contributed by atoms with Gasteiger partial charge in [-0.1, -0.05) is 35.5 Å². The number of non-ortho nitro benzene ring substituents is 1. The van der Waals surface area contributed by atoms with Gasteiger partial charge in [0.15, 0.2) is 6.61 Å². The third kappa shape index (κ3) is 4.59. The van der Waals surface area contributed by atoms with Gasteiger partial charge in [-0.05, 0) is 18.6 Å². The Morgan fingerprint density at radius 2 is 2.00 bits per heavy atom. The summed E-state index contributed by atoms with van der Waals surface area (Å²) in [6.07, 6.45) is 1.43. The summed E-state index contributed by atoms with van der Waals surface area (Å²) in [5.74, 6) is 0.814. The SMILES string of the molecule is Cc1ccccc1OCCO/N=C/c1cccc([N+](=O)[O-])c1. The number of para-hydroxylation sites is 1. The molecule has 114 valence electrons. The number of nitro groups is 1. The van der Waals surface area contributed by atoms with Gasteiger partial charge in [0.25, 0.3) is 5.69 Å². The van der Waals surface area contributed by atoms with Gasteiger partial charge in [-0.3, -0.25) is 10.1 Å². The number of aryl methyl sites for hydroxylation is 1. The van der Waals surface area contributed by atoms with Crippen LogP contribution in [0, 0.1) is 17.0 Å². The molecule has 0 aliphatic heterocycles. The molecule has 0 aliphatic rings. The first-order chi connectivity index (χ1) is 10.7. The molecule has 0 bridgehead atoms. The lowest BCUT2D eigenvalue weighted by Gasteiger charge is -2.07. The highest BCUT2D eigenvalue weighted by molar-refractivity contribution is 5.80. The minimum atomic E-state index is -0.450. The Hall–Kier alpha value is -2.89. The van der Waals surface area contributed by atoms with Crippen LogP contribution in [0.4, 0.5) is 5.69 Å². The predicted octanol–water partition coefficient (Wildman–Crippen LogP) is 3.33. The highest BCUT2D eigenvalue weighted by Gasteiger charge is 2.03. The summed E-state index contributed by atoms with van der Waals surface area (Å²) in [6.45, 7) is 2.63. The summed E-state index contributed by atoms with van der Waals surface area (Å²) in [5, 5.41) is 14.4. The van der Waals surface area contributed by atoms with Crippen LogP contribution in [0.25, 0.3) is 0 Å². The van der Waals surface area contributed by atoms with Crippen molar-refractivity contribution in [1.29, 1.82) is 0 Å². The minimum absolute atomic E-state index is 0.0202. The summed E-state index contributed by atoms with van der Waals surface area (Å²) < 4.78 is 5.55. The smallest absolute Gasteiger partial charge is 0.270 e. The molecule has 0 saturated heterocycles. The second kappa shape index (κ2) is 7.78. The van der Waals surface area contributed by atoms with Gasteiger partial charge in [0.1, 0.15) is 12.4 Å². The fraction of sp³-hybridized carbons (Fsp3) is 0.188. The molecular weight excluding hydrogens is 284 g/mol. The topological polar surface area (TPSA) is 74.0 Å². The van der Waals surface area contributed by atoms with Crippen molar-refractivity contribution < 1.29 is 14.5 Å². The van der Waals surface area contributed by atoms with E-state index in [1.807, 2.05) is 31.2 Å². The average Bonchev–Trinajstić information content (AvgIpc) is 2.52. The van der Waals surface area contributed by atoms with Crippen molar-refractivity contribution in [3.8, 4) is 5.75 Å². The largest absolute Gasteiger partial charge is 0.490 e. The zero-order valence-electron chi connectivity index (χ0n) is 12.1. The average molecular weight is 300 g/mol. The lowest BCUT2D eigenvalue weighted by molar-refractivity contribution is -0.384. The quantitative estimate of drug-likeness (QED) is 0.340. The van der Waals surface area contributed by atoms with E-state index in [2.05, 4.69) is 5.16 Å². The van der Waals surface area contributed by atoms with Crippen LogP contribution in [0.3, 0.4) is 0 Å². The number of hydrogen-bond acceptors (Lipinski definition) is 5. The van der Waals surface area contributed by atoms with Gasteiger partial charge in [-0.25, -0.2) is 0 Å². The van der Waals surface area contributed by atoms with Crippen molar-refractivity contribution in [3.05, 3.63) is 69.8 Å². The molecule has 22 heavy (non-hydrogen) atoms. The third-order valence-electron chi connectivity index (χ3n) is 2.88. The normalized spacial score (nSPS) is 10.6. The van der Waals surface area contributed by atoms with Crippen molar-refractivity contribution in [3.63, 3.8) is 0 Å². The van der Waals surface area contributed by atoms with Crippen LogP contribution < -0.4 is 4.74 Å². The highest BCUT2D eigenvalue weighted by Crippen LogP contribution is 2.15. The van der Waals surface area contributed by atoms with Gasteiger partial charge in [-0.2, -0.15) is 0 Å². The third-order valence-corrected chi connectivity index (χ3v) is 2.88. The lowest BCUT2D eigenvalue weighted by atomic mass is 10.2. The summed E-state index contributed by atoms with van der Waals surface area (Å²) >= 11 is 0. The maximum Gasteiger partial charge on any atom is 0.270 e. The van der Waals surface area contributed by atoms with Crippen LogP contribution >= 0.6 is 0 Å². The van der Waals surface area contributed by atoms with Gasteiger partial charge in [0, 0.05) is 17.7 Å². The van der Waals surface area contributed by atoms with E-state index in [1.165, 1.54) is 18.3 Å². The van der Waals surface area contributed by atoms with Crippen molar-refractivity contribution in [1.82, 2.24) is 0 Å². The van der Waals surface area contributed by atoms with Crippen molar-refractivity contribution in [2.24, 2.45) is 5.16 Å². The minimum Gasteiger partial charge on any atom is -0.490 e. The molecule has 0 heterocycles. The molecule has 0 atom stereocenters.